The molecule has 15 heavy (non-hydrogen) atoms. The lowest BCUT2D eigenvalue weighted by Gasteiger charge is -2.08. The first kappa shape index (κ1) is 9.97. The molecule has 0 aliphatic heterocycles. The third-order valence-electron chi connectivity index (χ3n) is 2.55. The lowest BCUT2D eigenvalue weighted by molar-refractivity contribution is -0.137. The average Bonchev–Trinajstić information content (AvgIpc) is 2.97. The van der Waals surface area contributed by atoms with Crippen LogP contribution in [0.5, 0.6) is 0 Å². The third-order valence-corrected chi connectivity index (χ3v) is 2.55. The molecule has 1 aromatic rings. The van der Waals surface area contributed by atoms with Gasteiger partial charge in [0.2, 0.25) is 0 Å². The number of aromatic nitrogens is 1. The van der Waals surface area contributed by atoms with E-state index in [1.54, 1.807) is 0 Å². The summed E-state index contributed by atoms with van der Waals surface area (Å²) in [5, 5.41) is 8.83. The minimum atomic E-state index is -4.37. The van der Waals surface area contributed by atoms with Crippen LogP contribution in [0.15, 0.2) is 18.3 Å². The number of hydrogen-bond donors (Lipinski definition) is 0. The van der Waals surface area contributed by atoms with E-state index >= 15 is 0 Å². The summed E-state index contributed by atoms with van der Waals surface area (Å²) in [6.45, 7) is 0. The normalized spacial score (nSPS) is 18.3. The van der Waals surface area contributed by atoms with Crippen molar-refractivity contribution in [3.63, 3.8) is 0 Å². The van der Waals surface area contributed by atoms with Gasteiger partial charge >= 0.3 is 6.18 Å². The van der Waals surface area contributed by atoms with Gasteiger partial charge < -0.3 is 0 Å². The molecule has 1 aliphatic rings. The fourth-order valence-electron chi connectivity index (χ4n) is 1.39. The Hall–Kier alpha value is -1.57. The monoisotopic (exact) mass is 212 g/mol. The van der Waals surface area contributed by atoms with Crippen LogP contribution in [-0.4, -0.2) is 4.98 Å². The van der Waals surface area contributed by atoms with Gasteiger partial charge in [-0.1, -0.05) is 0 Å². The Bertz CT molecular complexity index is 410. The van der Waals surface area contributed by atoms with Crippen LogP contribution in [0, 0.1) is 11.3 Å². The highest BCUT2D eigenvalue weighted by Crippen LogP contribution is 2.46. The van der Waals surface area contributed by atoms with Crippen molar-refractivity contribution >= 4 is 0 Å². The minimum absolute atomic E-state index is 0.443. The van der Waals surface area contributed by atoms with E-state index < -0.39 is 17.2 Å². The van der Waals surface area contributed by atoms with Gasteiger partial charge in [-0.05, 0) is 25.0 Å². The van der Waals surface area contributed by atoms with E-state index in [0.717, 1.165) is 12.3 Å². The molecule has 2 rings (SSSR count). The molecule has 0 radical (unpaired) electrons. The lowest BCUT2D eigenvalue weighted by Crippen LogP contribution is -2.09. The molecule has 0 amide bonds. The van der Waals surface area contributed by atoms with Crippen molar-refractivity contribution in [3.8, 4) is 6.07 Å². The van der Waals surface area contributed by atoms with E-state index in [1.165, 1.54) is 6.07 Å². The summed E-state index contributed by atoms with van der Waals surface area (Å²) in [6, 6.07) is 4.35. The summed E-state index contributed by atoms with van der Waals surface area (Å²) in [5.74, 6) is 0. The van der Waals surface area contributed by atoms with Crippen molar-refractivity contribution in [2.45, 2.75) is 24.4 Å². The maximum Gasteiger partial charge on any atom is 0.417 e. The van der Waals surface area contributed by atoms with Crippen molar-refractivity contribution in [1.82, 2.24) is 4.98 Å². The molecule has 1 heterocycles. The van der Waals surface area contributed by atoms with Crippen LogP contribution in [0.1, 0.15) is 24.1 Å². The summed E-state index contributed by atoms with van der Waals surface area (Å²) >= 11 is 0. The molecule has 1 aromatic heterocycles. The first-order valence-corrected chi connectivity index (χ1v) is 4.43. The van der Waals surface area contributed by atoms with Crippen LogP contribution in [0.2, 0.25) is 0 Å². The van der Waals surface area contributed by atoms with Gasteiger partial charge in [0, 0.05) is 6.20 Å². The number of halogens is 3. The molecule has 0 aromatic carbocycles. The van der Waals surface area contributed by atoms with Gasteiger partial charge in [-0.25, -0.2) is 0 Å². The molecule has 1 aliphatic carbocycles. The predicted molar refractivity (Wildman–Crippen MR) is 45.8 cm³/mol. The molecular weight excluding hydrogens is 205 g/mol. The second-order valence-corrected chi connectivity index (χ2v) is 3.62. The topological polar surface area (TPSA) is 36.7 Å². The average molecular weight is 212 g/mol. The van der Waals surface area contributed by atoms with E-state index in [-0.39, 0.29) is 0 Å². The molecule has 0 atom stereocenters. The first-order chi connectivity index (χ1) is 6.98. The van der Waals surface area contributed by atoms with Crippen LogP contribution >= 0.6 is 0 Å². The number of hydrogen-bond acceptors (Lipinski definition) is 2. The predicted octanol–water partition coefficient (Wildman–Crippen LogP) is 2.66. The second-order valence-electron chi connectivity index (χ2n) is 3.62. The zero-order chi connectivity index (χ0) is 11.1. The van der Waals surface area contributed by atoms with Crippen molar-refractivity contribution in [2.75, 3.05) is 0 Å². The quantitative estimate of drug-likeness (QED) is 0.717. The minimum Gasteiger partial charge on any atom is -0.259 e. The number of nitrogens with zero attached hydrogens (tertiary/aromatic N) is 2. The van der Waals surface area contributed by atoms with Crippen molar-refractivity contribution in [2.24, 2.45) is 0 Å². The number of rotatable bonds is 1. The highest BCUT2D eigenvalue weighted by molar-refractivity contribution is 5.35. The molecule has 1 saturated carbocycles. The molecule has 0 bridgehead atoms. The zero-order valence-electron chi connectivity index (χ0n) is 7.67. The molecule has 0 unspecified atom stereocenters. The summed E-state index contributed by atoms with van der Waals surface area (Å²) in [4.78, 5) is 3.71. The van der Waals surface area contributed by atoms with Gasteiger partial charge in [0.05, 0.1) is 22.7 Å². The van der Waals surface area contributed by atoms with Gasteiger partial charge in [0.15, 0.2) is 0 Å². The smallest absolute Gasteiger partial charge is 0.259 e. The Morgan fingerprint density at radius 1 is 1.33 bits per heavy atom. The van der Waals surface area contributed by atoms with Crippen LogP contribution in [0.25, 0.3) is 0 Å². The van der Waals surface area contributed by atoms with Crippen molar-refractivity contribution in [1.29, 1.82) is 5.26 Å². The van der Waals surface area contributed by atoms with E-state index in [1.807, 2.05) is 0 Å². The summed E-state index contributed by atoms with van der Waals surface area (Å²) in [5.41, 5.74) is -0.956. The molecule has 78 valence electrons. The highest BCUT2D eigenvalue weighted by atomic mass is 19.4. The standard InChI is InChI=1S/C10H7F3N2/c11-10(12,13)7-1-2-8(15-5-7)9(6-14)3-4-9/h1-2,5H,3-4H2. The fourth-order valence-corrected chi connectivity index (χ4v) is 1.39. The maximum absolute atomic E-state index is 12.2. The van der Waals surface area contributed by atoms with Gasteiger partial charge in [0.1, 0.15) is 0 Å². The SMILES string of the molecule is N#CC1(c2ccc(C(F)(F)F)cn2)CC1. The van der Waals surface area contributed by atoms with E-state index in [4.69, 9.17) is 5.26 Å². The first-order valence-electron chi connectivity index (χ1n) is 4.43. The number of nitriles is 1. The Morgan fingerprint density at radius 3 is 2.33 bits per heavy atom. The van der Waals surface area contributed by atoms with Crippen LogP contribution in [0.3, 0.4) is 0 Å². The van der Waals surface area contributed by atoms with Gasteiger partial charge in [-0.3, -0.25) is 4.98 Å². The van der Waals surface area contributed by atoms with Crippen LogP contribution < -0.4 is 0 Å². The summed E-state index contributed by atoms with van der Waals surface area (Å²) < 4.78 is 36.6. The molecule has 2 nitrogen and oxygen atoms in total. The fraction of sp³-hybridized carbons (Fsp3) is 0.400. The zero-order valence-corrected chi connectivity index (χ0v) is 7.67. The van der Waals surface area contributed by atoms with Crippen LogP contribution in [-0.2, 0) is 11.6 Å². The lowest BCUT2D eigenvalue weighted by atomic mass is 10.0. The van der Waals surface area contributed by atoms with Crippen LogP contribution in [0.4, 0.5) is 13.2 Å². The van der Waals surface area contributed by atoms with Gasteiger partial charge in [-0.2, -0.15) is 18.4 Å². The number of alkyl halides is 3. The van der Waals surface area contributed by atoms with E-state index in [0.29, 0.717) is 18.5 Å². The molecular formula is C10H7F3N2. The molecule has 0 saturated heterocycles. The highest BCUT2D eigenvalue weighted by Gasteiger charge is 2.46. The maximum atomic E-state index is 12.2. The Morgan fingerprint density at radius 2 is 2.00 bits per heavy atom. The number of pyridine rings is 1. The second kappa shape index (κ2) is 2.96. The Balaban J connectivity index is 2.30. The largest absolute Gasteiger partial charge is 0.417 e. The van der Waals surface area contributed by atoms with Gasteiger partial charge in [0.25, 0.3) is 0 Å². The van der Waals surface area contributed by atoms with Crippen molar-refractivity contribution in [3.05, 3.63) is 29.6 Å². The molecule has 1 fully saturated rings. The van der Waals surface area contributed by atoms with E-state index in [9.17, 15) is 13.2 Å². The molecule has 0 spiro atoms. The van der Waals surface area contributed by atoms with Gasteiger partial charge in [-0.15, -0.1) is 0 Å². The Kier molecular flexibility index (Phi) is 1.97. The molecule has 5 heteroatoms. The summed E-state index contributed by atoms with van der Waals surface area (Å²) in [7, 11) is 0. The van der Waals surface area contributed by atoms with E-state index in [2.05, 4.69) is 11.1 Å². The molecule has 0 N–H and O–H groups in total. The Labute approximate surface area is 84.4 Å². The third kappa shape index (κ3) is 1.67. The van der Waals surface area contributed by atoms with Crippen molar-refractivity contribution < 1.29 is 13.2 Å². The summed E-state index contributed by atoms with van der Waals surface area (Å²) in [6.07, 6.45) is -2.22.